The van der Waals surface area contributed by atoms with Gasteiger partial charge in [-0.1, -0.05) is 11.6 Å². The van der Waals surface area contributed by atoms with E-state index in [2.05, 4.69) is 9.97 Å². The molecule has 0 saturated heterocycles. The van der Waals surface area contributed by atoms with Crippen molar-refractivity contribution in [2.75, 3.05) is 0 Å². The minimum atomic E-state index is -0.0633. The zero-order valence-corrected chi connectivity index (χ0v) is 10.5. The van der Waals surface area contributed by atoms with E-state index >= 15 is 0 Å². The van der Waals surface area contributed by atoms with Crippen LogP contribution in [0.1, 0.15) is 0 Å². The van der Waals surface area contributed by atoms with Gasteiger partial charge in [0.2, 0.25) is 5.88 Å². The molecule has 0 amide bonds. The Morgan fingerprint density at radius 2 is 1.79 bits per heavy atom. The first kappa shape index (κ1) is 11.7. The Morgan fingerprint density at radius 1 is 1.00 bits per heavy atom. The van der Waals surface area contributed by atoms with Crippen LogP contribution in [0.3, 0.4) is 0 Å². The van der Waals surface area contributed by atoms with Crippen LogP contribution < -0.4 is 4.74 Å². The maximum Gasteiger partial charge on any atom is 0.238 e. The molecule has 19 heavy (non-hydrogen) atoms. The van der Waals surface area contributed by atoms with Crippen molar-refractivity contribution in [1.29, 1.82) is 0 Å². The van der Waals surface area contributed by atoms with Crippen molar-refractivity contribution in [1.82, 2.24) is 9.97 Å². The maximum absolute atomic E-state index is 11.0. The fraction of sp³-hybridized carbons (Fsp3) is 0. The van der Waals surface area contributed by atoms with Gasteiger partial charge >= 0.3 is 0 Å². The van der Waals surface area contributed by atoms with Crippen molar-refractivity contribution in [2.45, 2.75) is 0 Å². The fourth-order valence-electron chi connectivity index (χ4n) is 1.64. The van der Waals surface area contributed by atoms with Gasteiger partial charge in [-0.2, -0.15) is 0 Å². The largest absolute Gasteiger partial charge is 0.437 e. The molecule has 5 heteroatoms. The first-order chi connectivity index (χ1) is 9.20. The highest BCUT2D eigenvalue weighted by Gasteiger charge is 2.03. The molecule has 0 aliphatic rings. The molecule has 0 atom stereocenters. The van der Waals surface area contributed by atoms with Gasteiger partial charge < -0.3 is 4.74 Å². The molecule has 2 aromatic carbocycles. The minimum Gasteiger partial charge on any atom is -0.437 e. The topological polar surface area (TPSA) is 54.9 Å². The van der Waals surface area contributed by atoms with Crippen LogP contribution in [0.25, 0.3) is 11.0 Å². The van der Waals surface area contributed by atoms with Gasteiger partial charge in [-0.15, -0.1) is 0 Å². The number of halogens is 1. The molecule has 0 unspecified atom stereocenters. The smallest absolute Gasteiger partial charge is 0.238 e. The Bertz CT molecular complexity index is 729. The highest BCUT2D eigenvalue weighted by atomic mass is 35.5. The molecule has 0 fully saturated rings. The molecular formula is C14H8ClN2O2. The summed E-state index contributed by atoms with van der Waals surface area (Å²) in [6.07, 6.45) is 1.52. The lowest BCUT2D eigenvalue weighted by Crippen LogP contribution is -1.90. The average molecular weight is 272 g/mol. The molecule has 93 valence electrons. The molecular weight excluding hydrogens is 264 g/mol. The number of benzene rings is 2. The summed E-state index contributed by atoms with van der Waals surface area (Å²) in [6.45, 7) is 0. The Morgan fingerprint density at radius 3 is 2.58 bits per heavy atom. The fourth-order valence-corrected chi connectivity index (χ4v) is 1.81. The van der Waals surface area contributed by atoms with Crippen LogP contribution in [0, 0.1) is 0 Å². The number of nitrogens with zero attached hydrogens (tertiary/aromatic N) is 2. The second-order valence-electron chi connectivity index (χ2n) is 3.91. The highest BCUT2D eigenvalue weighted by Crippen LogP contribution is 2.23. The van der Waals surface area contributed by atoms with Crippen LogP contribution in [0.4, 0.5) is 0 Å². The first-order valence-electron chi connectivity index (χ1n) is 5.58. The maximum atomic E-state index is 11.0. The average Bonchev–Trinajstić information content (AvgIpc) is 2.42. The third-order valence-electron chi connectivity index (χ3n) is 2.53. The Kier molecular flexibility index (Phi) is 2.93. The van der Waals surface area contributed by atoms with Gasteiger partial charge in [0.25, 0.3) is 0 Å². The van der Waals surface area contributed by atoms with Gasteiger partial charge in [0.15, 0.2) is 5.75 Å². The molecule has 0 spiro atoms. The van der Waals surface area contributed by atoms with Crippen LogP contribution in [0.5, 0.6) is 17.4 Å². The van der Waals surface area contributed by atoms with E-state index in [-0.39, 0.29) is 5.75 Å². The SMILES string of the molecule is [O]c1ccc(Oc2cnc3cc(Cl)ccc3n2)cc1. The number of aromatic nitrogens is 2. The van der Waals surface area contributed by atoms with Crippen molar-refractivity contribution in [3.8, 4) is 17.4 Å². The summed E-state index contributed by atoms with van der Waals surface area (Å²) < 4.78 is 5.53. The van der Waals surface area contributed by atoms with E-state index in [1.165, 1.54) is 18.3 Å². The summed E-state index contributed by atoms with van der Waals surface area (Å²) >= 11 is 5.87. The molecule has 0 aliphatic heterocycles. The molecule has 0 N–H and O–H groups in total. The molecule has 4 nitrogen and oxygen atoms in total. The summed E-state index contributed by atoms with van der Waals surface area (Å²) in [4.78, 5) is 8.53. The molecule has 0 aliphatic carbocycles. The molecule has 3 aromatic rings. The highest BCUT2D eigenvalue weighted by molar-refractivity contribution is 6.31. The Labute approximate surface area is 114 Å². The summed E-state index contributed by atoms with van der Waals surface area (Å²) in [5.74, 6) is 0.849. The van der Waals surface area contributed by atoms with Gasteiger partial charge in [-0.3, -0.25) is 5.11 Å². The number of ether oxygens (including phenoxy) is 1. The van der Waals surface area contributed by atoms with Gasteiger partial charge in [0.1, 0.15) is 5.75 Å². The molecule has 1 radical (unpaired) electrons. The van der Waals surface area contributed by atoms with Gasteiger partial charge in [-0.05, 0) is 42.5 Å². The van der Waals surface area contributed by atoms with Crippen molar-refractivity contribution in [3.63, 3.8) is 0 Å². The Hall–Kier alpha value is -2.33. The lowest BCUT2D eigenvalue weighted by atomic mass is 10.3. The summed E-state index contributed by atoms with van der Waals surface area (Å²) in [6, 6.07) is 11.3. The van der Waals surface area contributed by atoms with Crippen LogP contribution in [0.15, 0.2) is 48.7 Å². The predicted molar refractivity (Wildman–Crippen MR) is 71.2 cm³/mol. The van der Waals surface area contributed by atoms with E-state index in [1.807, 2.05) is 0 Å². The zero-order valence-electron chi connectivity index (χ0n) is 9.71. The molecule has 3 rings (SSSR count). The van der Waals surface area contributed by atoms with Crippen LogP contribution in [-0.4, -0.2) is 9.97 Å². The predicted octanol–water partition coefficient (Wildman–Crippen LogP) is 4.22. The molecule has 0 saturated carbocycles. The first-order valence-corrected chi connectivity index (χ1v) is 5.96. The van der Waals surface area contributed by atoms with Crippen molar-refractivity contribution >= 4 is 22.6 Å². The molecule has 0 bridgehead atoms. The van der Waals surface area contributed by atoms with Gasteiger partial charge in [0, 0.05) is 5.02 Å². The van der Waals surface area contributed by atoms with Crippen molar-refractivity contribution in [2.24, 2.45) is 0 Å². The standard InChI is InChI=1S/C14H8ClN2O2/c15-9-1-6-12-13(7-9)16-8-14(17-12)19-11-4-2-10(18)3-5-11/h1-8H. The third-order valence-corrected chi connectivity index (χ3v) is 2.76. The third kappa shape index (κ3) is 2.58. The number of hydrogen-bond acceptors (Lipinski definition) is 3. The normalized spacial score (nSPS) is 10.6. The lowest BCUT2D eigenvalue weighted by Gasteiger charge is -2.05. The van der Waals surface area contributed by atoms with E-state index in [1.54, 1.807) is 30.3 Å². The Balaban J connectivity index is 1.93. The second kappa shape index (κ2) is 4.74. The van der Waals surface area contributed by atoms with E-state index in [0.717, 1.165) is 0 Å². The van der Waals surface area contributed by atoms with Crippen molar-refractivity contribution < 1.29 is 9.84 Å². The number of hydrogen-bond donors (Lipinski definition) is 0. The molecule has 1 aromatic heterocycles. The van der Waals surface area contributed by atoms with Crippen molar-refractivity contribution in [3.05, 3.63) is 53.7 Å². The second-order valence-corrected chi connectivity index (χ2v) is 4.35. The van der Waals surface area contributed by atoms with E-state index in [0.29, 0.717) is 27.7 Å². The summed E-state index contributed by atoms with van der Waals surface area (Å²) in [5, 5.41) is 11.6. The quantitative estimate of drug-likeness (QED) is 0.701. The van der Waals surface area contributed by atoms with Gasteiger partial charge in [-0.25, -0.2) is 9.97 Å². The van der Waals surface area contributed by atoms with E-state index < -0.39 is 0 Å². The minimum absolute atomic E-state index is 0.0633. The summed E-state index contributed by atoms with van der Waals surface area (Å²) in [5.41, 5.74) is 1.40. The number of rotatable bonds is 2. The lowest BCUT2D eigenvalue weighted by molar-refractivity contribution is 0.353. The van der Waals surface area contributed by atoms with E-state index in [4.69, 9.17) is 16.3 Å². The number of fused-ring (bicyclic) bond motifs is 1. The van der Waals surface area contributed by atoms with Crippen LogP contribution in [-0.2, 0) is 5.11 Å². The monoisotopic (exact) mass is 271 g/mol. The van der Waals surface area contributed by atoms with E-state index in [9.17, 15) is 5.11 Å². The van der Waals surface area contributed by atoms with Gasteiger partial charge in [0.05, 0.1) is 17.2 Å². The van der Waals surface area contributed by atoms with Crippen LogP contribution in [0.2, 0.25) is 5.02 Å². The van der Waals surface area contributed by atoms with Crippen LogP contribution >= 0.6 is 11.6 Å². The zero-order chi connectivity index (χ0) is 13.2. The molecule has 1 heterocycles. The summed E-state index contributed by atoms with van der Waals surface area (Å²) in [7, 11) is 0.